The molecule has 0 unspecified atom stereocenters. The molecule has 4 heteroatoms. The van der Waals surface area contributed by atoms with Gasteiger partial charge in [0.05, 0.1) is 44.3 Å². The van der Waals surface area contributed by atoms with E-state index in [1.54, 1.807) is 0 Å². The highest BCUT2D eigenvalue weighted by atomic mass is 15.0. The van der Waals surface area contributed by atoms with Crippen molar-refractivity contribution in [1.29, 1.82) is 0 Å². The van der Waals surface area contributed by atoms with E-state index in [0.29, 0.717) is 5.82 Å². The van der Waals surface area contributed by atoms with Crippen LogP contribution < -0.4 is 0 Å². The van der Waals surface area contributed by atoms with Crippen molar-refractivity contribution in [1.82, 2.24) is 19.1 Å². The lowest BCUT2D eigenvalue weighted by molar-refractivity contribution is 0.794. The number of rotatable bonds is 7. The van der Waals surface area contributed by atoms with Crippen molar-refractivity contribution in [2.75, 3.05) is 0 Å². The van der Waals surface area contributed by atoms with Crippen molar-refractivity contribution in [3.8, 4) is 112 Å². The first-order chi connectivity index (χ1) is 49.6. The molecule has 462 valence electrons. The van der Waals surface area contributed by atoms with Crippen LogP contribution in [-0.2, 0) is 10.8 Å². The zero-order chi connectivity index (χ0) is 65.4. The van der Waals surface area contributed by atoms with Crippen LogP contribution in [0.2, 0.25) is 0 Å². The fourth-order valence-electron chi connectivity index (χ4n) is 18.5. The van der Waals surface area contributed by atoms with Gasteiger partial charge in [0.2, 0.25) is 0 Å². The van der Waals surface area contributed by atoms with E-state index in [1.165, 1.54) is 133 Å². The highest BCUT2D eigenvalue weighted by molar-refractivity contribution is 6.13. The lowest BCUT2D eigenvalue weighted by Gasteiger charge is -2.30. The summed E-state index contributed by atoms with van der Waals surface area (Å²) in [7, 11) is 0. The molecule has 22 rings (SSSR count). The molecule has 0 aliphatic heterocycles. The van der Waals surface area contributed by atoms with Crippen LogP contribution in [0.3, 0.4) is 0 Å². The first-order valence-electron chi connectivity index (χ1n) is 34.7. The van der Waals surface area contributed by atoms with E-state index >= 15 is 0 Å². The van der Waals surface area contributed by atoms with Crippen molar-refractivity contribution in [3.63, 3.8) is 0 Å². The number of aromatic nitrogens is 4. The van der Waals surface area contributed by atoms with Gasteiger partial charge in [-0.2, -0.15) is 0 Å². The summed E-state index contributed by atoms with van der Waals surface area (Å²) in [5, 5.41) is 4.71. The molecule has 0 saturated heterocycles. The molecule has 0 radical (unpaired) electrons. The van der Waals surface area contributed by atoms with Gasteiger partial charge < -0.3 is 9.13 Å². The molecule has 0 atom stereocenters. The molecule has 18 aromatic rings. The lowest BCUT2D eigenvalue weighted by atomic mass is 9.70. The fraction of sp³-hybridized carbons (Fsp3) is 0.0208. The topological polar surface area (TPSA) is 35.6 Å². The van der Waals surface area contributed by atoms with Gasteiger partial charge in [-0.05, 0) is 184 Å². The predicted molar refractivity (Wildman–Crippen MR) is 410 cm³/mol. The highest BCUT2D eigenvalue weighted by Gasteiger charge is 2.53. The van der Waals surface area contributed by atoms with Crippen molar-refractivity contribution in [2.24, 2.45) is 0 Å². The summed E-state index contributed by atoms with van der Waals surface area (Å²) in [6.45, 7) is 0. The summed E-state index contributed by atoms with van der Waals surface area (Å²) < 4.78 is 4.92. The van der Waals surface area contributed by atoms with E-state index in [-0.39, 0.29) is 0 Å². The highest BCUT2D eigenvalue weighted by Crippen LogP contribution is 2.65. The second-order valence-corrected chi connectivity index (χ2v) is 27.4. The van der Waals surface area contributed by atoms with Crippen LogP contribution in [-0.4, -0.2) is 19.1 Å². The largest absolute Gasteiger partial charge is 0.309 e. The van der Waals surface area contributed by atoms with Gasteiger partial charge in [0.25, 0.3) is 0 Å². The molecule has 4 nitrogen and oxygen atoms in total. The first-order valence-corrected chi connectivity index (χ1v) is 34.7. The molecule has 4 aliphatic rings. The second kappa shape index (κ2) is 20.8. The molecule has 3 aromatic heterocycles. The number of hydrogen-bond acceptors (Lipinski definition) is 2. The van der Waals surface area contributed by atoms with Crippen LogP contribution in [0.1, 0.15) is 44.5 Å². The molecular weight excluding hydrogens is 1210 g/mol. The quantitative estimate of drug-likeness (QED) is 0.159. The Bertz CT molecular complexity index is 6060. The molecule has 0 amide bonds. The van der Waals surface area contributed by atoms with Crippen LogP contribution in [0, 0.1) is 0 Å². The number of benzene rings is 15. The molecule has 0 saturated carbocycles. The minimum absolute atomic E-state index is 0.402. The SMILES string of the molecule is c1ccc(-c2cc(-c3ccccc3)nc(-c3cc(-n4c5ccccc5c5cc(-c6ccc7c(c6)-c6ccccc6C76c7ccccc7-c7ccccc76)ccc54)cc(-n4c5ccccc5c5cc(-c6ccc7c(c6)-c6ccccc6C76c7ccccc7-c7ccccc76)ccc54)c3)n2)cc1. The summed E-state index contributed by atoms with van der Waals surface area (Å²) in [4.78, 5) is 11.0. The maximum atomic E-state index is 5.52. The first kappa shape index (κ1) is 55.1. The van der Waals surface area contributed by atoms with Crippen LogP contribution in [0.25, 0.3) is 156 Å². The molecule has 4 aliphatic carbocycles. The Kier molecular flexibility index (Phi) is 11.4. The van der Waals surface area contributed by atoms with E-state index < -0.39 is 10.8 Å². The molecule has 100 heavy (non-hydrogen) atoms. The second-order valence-electron chi connectivity index (χ2n) is 27.4. The molecule has 0 fully saturated rings. The Balaban J connectivity index is 0.729. The number of hydrogen-bond donors (Lipinski definition) is 0. The van der Waals surface area contributed by atoms with E-state index in [9.17, 15) is 0 Å². The standard InChI is InChI=1S/C96H58N4/c1-3-23-59(24-4-1)88-58-89(60-25-5-2-6-26-60)98-94(97-88)65-51-66(99-90-41-21-13-33-74(90)78-55-63(45-49-92(78)99)61-43-47-86-76(53-61)72-31-11-19-39-84(72)95(86)80-35-15-7-27-68(80)69-28-8-16-36-81(69)95)57-67(52-65)100-91-42-22-14-34-75(91)79-56-64(46-50-93(79)100)62-44-48-87-77(54-62)73-32-12-20-40-85(73)96(87)82-37-17-9-29-70(82)71-30-10-18-38-83(71)96/h1-58H. The Morgan fingerprint density at radius 2 is 0.490 bits per heavy atom. The van der Waals surface area contributed by atoms with E-state index in [0.717, 1.165) is 61.5 Å². The normalized spacial score (nSPS) is 13.6. The Morgan fingerprint density at radius 3 is 0.880 bits per heavy atom. The van der Waals surface area contributed by atoms with Crippen molar-refractivity contribution >= 4 is 43.6 Å². The minimum atomic E-state index is -0.402. The van der Waals surface area contributed by atoms with Gasteiger partial charge in [-0.15, -0.1) is 0 Å². The Hall–Kier alpha value is -13.0. The molecule has 0 bridgehead atoms. The number of fused-ring (bicyclic) bond motifs is 26. The third-order valence-corrected chi connectivity index (χ3v) is 22.5. The summed E-state index contributed by atoms with van der Waals surface area (Å²) >= 11 is 0. The average Bonchev–Trinajstić information content (AvgIpc) is 1.52. The van der Waals surface area contributed by atoms with Gasteiger partial charge in [-0.1, -0.05) is 279 Å². The zero-order valence-electron chi connectivity index (χ0n) is 54.3. The summed E-state index contributed by atoms with van der Waals surface area (Å²) in [6, 6.07) is 131. The molecule has 15 aromatic carbocycles. The molecular formula is C96H58N4. The maximum absolute atomic E-state index is 5.52. The zero-order valence-corrected chi connectivity index (χ0v) is 54.3. The van der Waals surface area contributed by atoms with E-state index in [1.807, 2.05) is 0 Å². The van der Waals surface area contributed by atoms with Gasteiger partial charge in [-0.25, -0.2) is 9.97 Å². The molecule has 3 heterocycles. The van der Waals surface area contributed by atoms with Gasteiger partial charge in [0.15, 0.2) is 5.82 Å². The fourth-order valence-corrected chi connectivity index (χ4v) is 18.5. The predicted octanol–water partition coefficient (Wildman–Crippen LogP) is 23.7. The monoisotopic (exact) mass is 1270 g/mol. The minimum Gasteiger partial charge on any atom is -0.309 e. The molecule has 2 spiro atoms. The Labute approximate surface area is 578 Å². The summed E-state index contributed by atoms with van der Waals surface area (Å²) in [5.41, 5.74) is 36.2. The number of nitrogens with zero attached hydrogens (tertiary/aromatic N) is 4. The Morgan fingerprint density at radius 1 is 0.190 bits per heavy atom. The summed E-state index contributed by atoms with van der Waals surface area (Å²) in [6.07, 6.45) is 0. The van der Waals surface area contributed by atoms with Crippen molar-refractivity contribution < 1.29 is 0 Å². The smallest absolute Gasteiger partial charge is 0.160 e. The van der Waals surface area contributed by atoms with Crippen molar-refractivity contribution in [3.05, 3.63) is 396 Å². The van der Waals surface area contributed by atoms with Crippen LogP contribution in [0.15, 0.2) is 352 Å². The van der Waals surface area contributed by atoms with Gasteiger partial charge >= 0.3 is 0 Å². The average molecular weight is 1270 g/mol. The summed E-state index contributed by atoms with van der Waals surface area (Å²) in [5.74, 6) is 0.642. The third kappa shape index (κ3) is 7.48. The van der Waals surface area contributed by atoms with E-state index in [2.05, 4.69) is 361 Å². The maximum Gasteiger partial charge on any atom is 0.160 e. The van der Waals surface area contributed by atoms with Crippen LogP contribution in [0.5, 0.6) is 0 Å². The lowest BCUT2D eigenvalue weighted by Crippen LogP contribution is -2.25. The van der Waals surface area contributed by atoms with Gasteiger partial charge in [0.1, 0.15) is 0 Å². The van der Waals surface area contributed by atoms with Gasteiger partial charge in [-0.3, -0.25) is 0 Å². The van der Waals surface area contributed by atoms with Gasteiger partial charge in [0, 0.05) is 49.6 Å². The number of para-hydroxylation sites is 2. The van der Waals surface area contributed by atoms with Crippen LogP contribution >= 0.6 is 0 Å². The molecule has 0 N–H and O–H groups in total. The third-order valence-electron chi connectivity index (χ3n) is 22.5. The van der Waals surface area contributed by atoms with E-state index in [4.69, 9.17) is 9.97 Å². The van der Waals surface area contributed by atoms with Crippen molar-refractivity contribution in [2.45, 2.75) is 10.8 Å². The van der Waals surface area contributed by atoms with Crippen LogP contribution in [0.4, 0.5) is 0 Å².